The van der Waals surface area contributed by atoms with Gasteiger partial charge in [-0.15, -0.1) is 0 Å². The molecule has 0 bridgehead atoms. The highest BCUT2D eigenvalue weighted by atomic mass is 16.6. The first-order chi connectivity index (χ1) is 10.9. The van der Waals surface area contributed by atoms with Gasteiger partial charge in [0.25, 0.3) is 0 Å². The van der Waals surface area contributed by atoms with E-state index in [-0.39, 0.29) is 22.6 Å². The predicted molar refractivity (Wildman–Crippen MR) is 81.4 cm³/mol. The van der Waals surface area contributed by atoms with E-state index in [0.29, 0.717) is 0 Å². The Kier molecular flexibility index (Phi) is 6.92. The Labute approximate surface area is 133 Å². The molecule has 0 fully saturated rings. The van der Waals surface area contributed by atoms with Crippen LogP contribution in [0.2, 0.25) is 0 Å². The van der Waals surface area contributed by atoms with Crippen LogP contribution in [0.5, 0.6) is 0 Å². The summed E-state index contributed by atoms with van der Waals surface area (Å²) in [5.74, 6) is -2.61. The van der Waals surface area contributed by atoms with Crippen LogP contribution in [0.1, 0.15) is 64.2 Å². The molecule has 2 N–H and O–H groups in total. The molecule has 1 heterocycles. The van der Waals surface area contributed by atoms with E-state index < -0.39 is 17.9 Å². The van der Waals surface area contributed by atoms with Crippen molar-refractivity contribution in [1.82, 2.24) is 5.32 Å². The van der Waals surface area contributed by atoms with E-state index in [1.54, 1.807) is 6.92 Å². The number of hydrogen-bond acceptors (Lipinski definition) is 5. The van der Waals surface area contributed by atoms with Gasteiger partial charge in [0.2, 0.25) is 5.91 Å². The molecule has 0 aliphatic carbocycles. The van der Waals surface area contributed by atoms with Crippen molar-refractivity contribution in [3.63, 3.8) is 0 Å². The molecule has 0 radical (unpaired) electrons. The predicted octanol–water partition coefficient (Wildman–Crippen LogP) is 2.01. The molecule has 1 aromatic rings. The Morgan fingerprint density at radius 2 is 1.78 bits per heavy atom. The molecule has 0 spiro atoms. The molecule has 1 aliphatic rings. The van der Waals surface area contributed by atoms with Gasteiger partial charge >= 0.3 is 17.9 Å². The fourth-order valence-corrected chi connectivity index (χ4v) is 1.86. The Hall–Kier alpha value is -2.70. The average molecular weight is 321 g/mol. The van der Waals surface area contributed by atoms with Crippen LogP contribution in [0.25, 0.3) is 0 Å². The zero-order valence-electron chi connectivity index (χ0n) is 13.0. The smallest absolute Gasteiger partial charge is 0.346 e. The van der Waals surface area contributed by atoms with Gasteiger partial charge in [0, 0.05) is 13.5 Å². The van der Waals surface area contributed by atoms with Gasteiger partial charge in [-0.2, -0.15) is 0 Å². The van der Waals surface area contributed by atoms with Crippen molar-refractivity contribution in [2.24, 2.45) is 0 Å². The van der Waals surface area contributed by atoms with Gasteiger partial charge in [-0.3, -0.25) is 4.79 Å². The molecular formula is C16H19NO6. The second kappa shape index (κ2) is 8.67. The summed E-state index contributed by atoms with van der Waals surface area (Å²) in [5, 5.41) is 11.4. The fourth-order valence-electron chi connectivity index (χ4n) is 1.86. The van der Waals surface area contributed by atoms with E-state index in [4.69, 9.17) is 5.11 Å². The molecule has 7 heteroatoms. The second-order valence-electron chi connectivity index (χ2n) is 4.93. The Morgan fingerprint density at radius 1 is 1.13 bits per heavy atom. The van der Waals surface area contributed by atoms with E-state index in [1.165, 1.54) is 25.0 Å². The molecule has 1 aliphatic heterocycles. The molecule has 23 heavy (non-hydrogen) atoms. The maximum absolute atomic E-state index is 11.0. The molecule has 0 saturated heterocycles. The lowest BCUT2D eigenvalue weighted by Crippen LogP contribution is -2.20. The highest BCUT2D eigenvalue weighted by molar-refractivity contribution is 6.15. The van der Waals surface area contributed by atoms with Crippen molar-refractivity contribution in [1.29, 1.82) is 0 Å². The number of aromatic carboxylic acids is 1. The van der Waals surface area contributed by atoms with Crippen LogP contribution in [0.15, 0.2) is 18.2 Å². The monoisotopic (exact) mass is 321 g/mol. The van der Waals surface area contributed by atoms with Crippen molar-refractivity contribution in [2.45, 2.75) is 33.1 Å². The summed E-state index contributed by atoms with van der Waals surface area (Å²) in [7, 11) is 0. The second-order valence-corrected chi connectivity index (χ2v) is 4.93. The van der Waals surface area contributed by atoms with Gasteiger partial charge in [0.15, 0.2) is 0 Å². The number of ether oxygens (including phenoxy) is 1. The molecule has 2 rings (SSSR count). The molecule has 1 amide bonds. The number of cyclic esters (lactones) is 2. The number of carboxylic acids is 1. The van der Waals surface area contributed by atoms with Gasteiger partial charge in [0.1, 0.15) is 0 Å². The molecule has 124 valence electrons. The lowest BCUT2D eigenvalue weighted by atomic mass is 10.1. The largest absolute Gasteiger partial charge is 0.478 e. The number of amides is 1. The summed E-state index contributed by atoms with van der Waals surface area (Å²) in [4.78, 5) is 42.8. The van der Waals surface area contributed by atoms with E-state index in [9.17, 15) is 19.2 Å². The zero-order valence-corrected chi connectivity index (χ0v) is 13.0. The normalized spacial score (nSPS) is 11.9. The maximum atomic E-state index is 11.0. The van der Waals surface area contributed by atoms with E-state index in [2.05, 4.69) is 17.0 Å². The summed E-state index contributed by atoms with van der Waals surface area (Å²) >= 11 is 0. The van der Waals surface area contributed by atoms with Crippen LogP contribution in [-0.2, 0) is 9.53 Å². The first-order valence-corrected chi connectivity index (χ1v) is 7.25. The van der Waals surface area contributed by atoms with Crippen LogP contribution in [0.4, 0.5) is 0 Å². The third kappa shape index (κ3) is 5.54. The number of unbranched alkanes of at least 4 members (excludes halogenated alkanes) is 2. The molecule has 0 aromatic heterocycles. The highest BCUT2D eigenvalue weighted by Crippen LogP contribution is 2.20. The SMILES string of the molecule is CCCCCNC(C)=O.O=C(O)c1ccc2c(c1)C(=O)OC2=O. The Balaban J connectivity index is 0.000000257. The fraction of sp³-hybridized carbons (Fsp3) is 0.375. The van der Waals surface area contributed by atoms with Crippen LogP contribution in [0.3, 0.4) is 0 Å². The van der Waals surface area contributed by atoms with Gasteiger partial charge in [0.05, 0.1) is 16.7 Å². The topological polar surface area (TPSA) is 110 Å². The molecular weight excluding hydrogens is 302 g/mol. The lowest BCUT2D eigenvalue weighted by molar-refractivity contribution is -0.118. The highest BCUT2D eigenvalue weighted by Gasteiger charge is 2.30. The number of carbonyl (C=O) groups is 4. The standard InChI is InChI=1S/C9H4O5.C7H15NO/c10-7(11)4-1-2-5-6(3-4)9(13)14-8(5)12;1-3-4-5-6-8-7(2)9/h1-3H,(H,10,11);3-6H2,1-2H3,(H,8,9). The van der Waals surface area contributed by atoms with Crippen molar-refractivity contribution in [3.8, 4) is 0 Å². The number of carboxylic acid groups (broad SMARTS) is 1. The van der Waals surface area contributed by atoms with Crippen LogP contribution < -0.4 is 5.32 Å². The lowest BCUT2D eigenvalue weighted by Gasteiger charge is -1.98. The summed E-state index contributed by atoms with van der Waals surface area (Å²) in [6.07, 6.45) is 3.52. The first kappa shape index (κ1) is 18.3. The maximum Gasteiger partial charge on any atom is 0.346 e. The van der Waals surface area contributed by atoms with Crippen LogP contribution in [0, 0.1) is 0 Å². The van der Waals surface area contributed by atoms with Gasteiger partial charge in [-0.05, 0) is 24.6 Å². The summed E-state index contributed by atoms with van der Waals surface area (Å²) in [6, 6.07) is 3.65. The van der Waals surface area contributed by atoms with Crippen molar-refractivity contribution in [2.75, 3.05) is 6.54 Å². The van der Waals surface area contributed by atoms with E-state index in [1.807, 2.05) is 0 Å². The molecule has 0 saturated carbocycles. The number of esters is 2. The number of carbonyl (C=O) groups excluding carboxylic acids is 3. The van der Waals surface area contributed by atoms with Gasteiger partial charge < -0.3 is 15.2 Å². The molecule has 0 unspecified atom stereocenters. The quantitative estimate of drug-likeness (QED) is 0.487. The third-order valence-electron chi connectivity index (χ3n) is 3.05. The van der Waals surface area contributed by atoms with E-state index in [0.717, 1.165) is 19.0 Å². The number of benzene rings is 1. The molecule has 0 atom stereocenters. The number of nitrogens with one attached hydrogen (secondary N) is 1. The van der Waals surface area contributed by atoms with Crippen molar-refractivity contribution < 1.29 is 29.0 Å². The van der Waals surface area contributed by atoms with Crippen LogP contribution in [-0.4, -0.2) is 35.5 Å². The average Bonchev–Trinajstić information content (AvgIpc) is 2.78. The summed E-state index contributed by atoms with van der Waals surface area (Å²) < 4.78 is 4.30. The third-order valence-corrected chi connectivity index (χ3v) is 3.05. The van der Waals surface area contributed by atoms with Crippen molar-refractivity contribution >= 4 is 23.8 Å². The summed E-state index contributed by atoms with van der Waals surface area (Å²) in [6.45, 7) is 4.53. The molecule has 1 aromatic carbocycles. The Morgan fingerprint density at radius 3 is 2.35 bits per heavy atom. The van der Waals surface area contributed by atoms with Crippen LogP contribution >= 0.6 is 0 Å². The summed E-state index contributed by atoms with van der Waals surface area (Å²) in [5.41, 5.74) is 0.0744. The van der Waals surface area contributed by atoms with Gasteiger partial charge in [-0.1, -0.05) is 19.8 Å². The minimum atomic E-state index is -1.15. The van der Waals surface area contributed by atoms with Crippen molar-refractivity contribution in [3.05, 3.63) is 34.9 Å². The molecule has 7 nitrogen and oxygen atoms in total. The minimum absolute atomic E-state index is 0.00917. The zero-order chi connectivity index (χ0) is 17.4. The first-order valence-electron chi connectivity index (χ1n) is 7.25. The van der Waals surface area contributed by atoms with Gasteiger partial charge in [-0.25, -0.2) is 14.4 Å². The van der Waals surface area contributed by atoms with E-state index >= 15 is 0 Å². The number of fused-ring (bicyclic) bond motifs is 1. The Bertz CT molecular complexity index is 623. The minimum Gasteiger partial charge on any atom is -0.478 e. The number of hydrogen-bond donors (Lipinski definition) is 2. The number of rotatable bonds is 5.